The molecule has 0 radical (unpaired) electrons. The van der Waals surface area contributed by atoms with E-state index in [4.69, 9.17) is 44.9 Å². The second-order valence-corrected chi connectivity index (χ2v) is 9.99. The number of amides is 1. The molecule has 1 aliphatic rings. The molecule has 0 atom stereocenters. The monoisotopic (exact) mass is 569 g/mol. The molecule has 1 aliphatic heterocycles. The van der Waals surface area contributed by atoms with Crippen molar-refractivity contribution >= 4 is 69.2 Å². The molecular formula is C25H16Cl2F3NO3S2. The molecule has 0 spiro atoms. The Bertz CT molecular complexity index is 1380. The molecule has 3 aromatic carbocycles. The first-order valence-electron chi connectivity index (χ1n) is 10.3. The Balaban J connectivity index is 1.65. The smallest absolute Gasteiger partial charge is 0.416 e. The molecule has 1 heterocycles. The third-order valence-corrected chi connectivity index (χ3v) is 7.02. The van der Waals surface area contributed by atoms with Crippen molar-refractivity contribution in [1.29, 1.82) is 0 Å². The van der Waals surface area contributed by atoms with Gasteiger partial charge in [-0.05, 0) is 42.5 Å². The highest BCUT2D eigenvalue weighted by molar-refractivity contribution is 8.27. The van der Waals surface area contributed by atoms with Crippen LogP contribution in [0.2, 0.25) is 10.0 Å². The molecule has 186 valence electrons. The number of carbonyl (C=O) groups excluding carboxylic acids is 1. The molecule has 0 N–H and O–H groups in total. The maximum atomic E-state index is 13.2. The molecule has 1 amide bonds. The van der Waals surface area contributed by atoms with Gasteiger partial charge in [-0.2, -0.15) is 13.2 Å². The summed E-state index contributed by atoms with van der Waals surface area (Å²) in [4.78, 5) is 14.5. The number of carbonyl (C=O) groups is 1. The zero-order chi connectivity index (χ0) is 26.0. The Hall–Kier alpha value is -2.72. The minimum absolute atomic E-state index is 0.0372. The fraction of sp³-hybridized carbons (Fsp3) is 0.120. The van der Waals surface area contributed by atoms with Crippen LogP contribution in [0, 0.1) is 0 Å². The Kier molecular flexibility index (Phi) is 7.85. The van der Waals surface area contributed by atoms with Gasteiger partial charge in [-0.25, -0.2) is 0 Å². The van der Waals surface area contributed by atoms with Gasteiger partial charge in [0.15, 0.2) is 15.8 Å². The van der Waals surface area contributed by atoms with Crippen molar-refractivity contribution in [2.24, 2.45) is 0 Å². The maximum absolute atomic E-state index is 13.2. The lowest BCUT2D eigenvalue weighted by Gasteiger charge is -2.16. The molecule has 4 rings (SSSR count). The number of anilines is 1. The van der Waals surface area contributed by atoms with E-state index in [9.17, 15) is 18.0 Å². The van der Waals surface area contributed by atoms with Crippen molar-refractivity contribution in [3.63, 3.8) is 0 Å². The number of hydrogen-bond acceptors (Lipinski definition) is 5. The average Bonchev–Trinajstić information content (AvgIpc) is 3.11. The van der Waals surface area contributed by atoms with Gasteiger partial charge in [0.25, 0.3) is 5.91 Å². The molecule has 0 aliphatic carbocycles. The van der Waals surface area contributed by atoms with E-state index >= 15 is 0 Å². The summed E-state index contributed by atoms with van der Waals surface area (Å²) < 4.78 is 51.1. The van der Waals surface area contributed by atoms with E-state index in [1.165, 1.54) is 19.2 Å². The van der Waals surface area contributed by atoms with Crippen LogP contribution in [0.15, 0.2) is 65.6 Å². The Morgan fingerprint density at radius 2 is 1.83 bits per heavy atom. The van der Waals surface area contributed by atoms with Crippen LogP contribution in [0.1, 0.15) is 16.7 Å². The fourth-order valence-corrected chi connectivity index (χ4v) is 5.16. The SMILES string of the molecule is COc1cccc(/C=C2/SC(=S)N(c3cccc(C(F)(F)F)c3)C2=O)c1OCc1ccc(Cl)cc1Cl. The van der Waals surface area contributed by atoms with E-state index in [2.05, 4.69) is 0 Å². The second kappa shape index (κ2) is 10.7. The van der Waals surface area contributed by atoms with Gasteiger partial charge in [-0.15, -0.1) is 0 Å². The van der Waals surface area contributed by atoms with Crippen LogP contribution < -0.4 is 14.4 Å². The first kappa shape index (κ1) is 26.3. The number of nitrogens with zero attached hydrogens (tertiary/aromatic N) is 1. The maximum Gasteiger partial charge on any atom is 0.416 e. The van der Waals surface area contributed by atoms with E-state index in [1.807, 2.05) is 0 Å². The van der Waals surface area contributed by atoms with Crippen LogP contribution in [-0.2, 0) is 17.6 Å². The molecule has 0 bridgehead atoms. The summed E-state index contributed by atoms with van der Waals surface area (Å²) in [7, 11) is 1.48. The van der Waals surface area contributed by atoms with E-state index in [0.717, 1.165) is 28.8 Å². The minimum Gasteiger partial charge on any atom is -0.493 e. The number of alkyl halides is 3. The lowest BCUT2D eigenvalue weighted by atomic mass is 10.1. The van der Waals surface area contributed by atoms with Crippen molar-refractivity contribution in [2.75, 3.05) is 12.0 Å². The Morgan fingerprint density at radius 3 is 2.53 bits per heavy atom. The van der Waals surface area contributed by atoms with Crippen molar-refractivity contribution in [3.05, 3.63) is 92.3 Å². The Morgan fingerprint density at radius 1 is 1.08 bits per heavy atom. The highest BCUT2D eigenvalue weighted by Crippen LogP contribution is 2.41. The first-order chi connectivity index (χ1) is 17.1. The number of halogens is 5. The van der Waals surface area contributed by atoms with Crippen molar-refractivity contribution < 1.29 is 27.4 Å². The first-order valence-corrected chi connectivity index (χ1v) is 12.3. The van der Waals surface area contributed by atoms with Crippen LogP contribution in [-0.4, -0.2) is 17.3 Å². The van der Waals surface area contributed by atoms with Gasteiger partial charge in [0.05, 0.1) is 23.3 Å². The molecule has 3 aromatic rings. The van der Waals surface area contributed by atoms with Gasteiger partial charge in [-0.3, -0.25) is 9.69 Å². The quantitative estimate of drug-likeness (QED) is 0.222. The predicted molar refractivity (Wildman–Crippen MR) is 141 cm³/mol. The number of thiocarbonyl (C=S) groups is 1. The lowest BCUT2D eigenvalue weighted by molar-refractivity contribution is -0.137. The van der Waals surface area contributed by atoms with Crippen LogP contribution in [0.25, 0.3) is 6.08 Å². The summed E-state index contributed by atoms with van der Waals surface area (Å²) in [5.41, 5.74) is 0.371. The van der Waals surface area contributed by atoms with Gasteiger partial charge in [0, 0.05) is 21.2 Å². The molecular weight excluding hydrogens is 554 g/mol. The number of para-hydroxylation sites is 1. The van der Waals surface area contributed by atoms with Gasteiger partial charge in [-0.1, -0.05) is 71.4 Å². The largest absolute Gasteiger partial charge is 0.493 e. The van der Waals surface area contributed by atoms with Gasteiger partial charge in [0.1, 0.15) is 6.61 Å². The van der Waals surface area contributed by atoms with E-state index < -0.39 is 17.6 Å². The fourth-order valence-electron chi connectivity index (χ4n) is 3.40. The number of rotatable bonds is 6. The summed E-state index contributed by atoms with van der Waals surface area (Å²) in [5, 5.41) is 0.922. The summed E-state index contributed by atoms with van der Waals surface area (Å²) in [6.45, 7) is 0.0996. The van der Waals surface area contributed by atoms with Crippen LogP contribution in [0.5, 0.6) is 11.5 Å². The van der Waals surface area contributed by atoms with Gasteiger partial charge >= 0.3 is 6.18 Å². The second-order valence-electron chi connectivity index (χ2n) is 7.47. The normalized spacial score (nSPS) is 15.1. The molecule has 0 unspecified atom stereocenters. The van der Waals surface area contributed by atoms with Crippen LogP contribution >= 0.6 is 47.2 Å². The highest BCUT2D eigenvalue weighted by atomic mass is 35.5. The molecule has 0 saturated carbocycles. The number of methoxy groups -OCH3 is 1. The third-order valence-electron chi connectivity index (χ3n) is 5.13. The molecule has 0 aromatic heterocycles. The molecule has 11 heteroatoms. The summed E-state index contributed by atoms with van der Waals surface area (Å²) >= 11 is 18.5. The average molecular weight is 570 g/mol. The lowest BCUT2D eigenvalue weighted by Crippen LogP contribution is -2.27. The van der Waals surface area contributed by atoms with Crippen molar-refractivity contribution in [2.45, 2.75) is 12.8 Å². The Labute approximate surface area is 224 Å². The van der Waals surface area contributed by atoms with Crippen molar-refractivity contribution in [3.8, 4) is 11.5 Å². The summed E-state index contributed by atoms with van der Waals surface area (Å²) in [5.74, 6) is 0.233. The molecule has 4 nitrogen and oxygen atoms in total. The van der Waals surface area contributed by atoms with E-state index in [0.29, 0.717) is 32.7 Å². The number of benzene rings is 3. The zero-order valence-corrected chi connectivity index (χ0v) is 21.6. The van der Waals surface area contributed by atoms with Gasteiger partial charge < -0.3 is 9.47 Å². The summed E-state index contributed by atoms with van der Waals surface area (Å²) in [6.07, 6.45) is -2.99. The molecule has 1 saturated heterocycles. The highest BCUT2D eigenvalue weighted by Gasteiger charge is 2.36. The number of hydrogen-bond donors (Lipinski definition) is 0. The molecule has 36 heavy (non-hydrogen) atoms. The molecule has 1 fully saturated rings. The van der Waals surface area contributed by atoms with Crippen molar-refractivity contribution in [1.82, 2.24) is 0 Å². The third kappa shape index (κ3) is 5.64. The minimum atomic E-state index is -4.55. The van der Waals surface area contributed by atoms with E-state index in [1.54, 1.807) is 42.5 Å². The zero-order valence-electron chi connectivity index (χ0n) is 18.4. The predicted octanol–water partition coefficient (Wildman–Crippen LogP) is 8.01. The standard InChI is InChI=1S/C25H16Cl2F3NO3S2/c1-33-20-7-2-4-14(22(20)34-13-15-8-9-17(26)12-19(15)27)10-21-23(32)31(24(35)36-21)18-6-3-5-16(11-18)25(28,29)30/h2-12H,13H2,1H3/b21-10+. The van der Waals surface area contributed by atoms with E-state index in [-0.39, 0.29) is 21.5 Å². The topological polar surface area (TPSA) is 38.8 Å². The summed E-state index contributed by atoms with van der Waals surface area (Å²) in [6, 6.07) is 14.6. The number of ether oxygens (including phenoxy) is 2. The van der Waals surface area contributed by atoms with Crippen LogP contribution in [0.4, 0.5) is 18.9 Å². The van der Waals surface area contributed by atoms with Gasteiger partial charge in [0.2, 0.25) is 0 Å². The van der Waals surface area contributed by atoms with Crippen LogP contribution in [0.3, 0.4) is 0 Å². The number of thioether (sulfide) groups is 1.